The van der Waals surface area contributed by atoms with Gasteiger partial charge in [0.25, 0.3) is 5.91 Å². The number of urea groups is 1. The van der Waals surface area contributed by atoms with Crippen molar-refractivity contribution in [1.82, 2.24) is 26.1 Å². The molecule has 3 rings (SSSR count). The van der Waals surface area contributed by atoms with Crippen molar-refractivity contribution in [3.8, 4) is 0 Å². The van der Waals surface area contributed by atoms with Crippen molar-refractivity contribution in [2.45, 2.75) is 24.9 Å². The molecule has 3 fully saturated rings. The molecule has 3 aliphatic heterocycles. The van der Waals surface area contributed by atoms with E-state index in [-0.39, 0.29) is 24.8 Å². The zero-order chi connectivity index (χ0) is 17.5. The number of piperidine rings is 1. The van der Waals surface area contributed by atoms with Crippen LogP contribution in [-0.4, -0.2) is 72.5 Å². The van der Waals surface area contributed by atoms with E-state index in [1.165, 1.54) is 0 Å². The molecular weight excluding hydrogens is 346 g/mol. The van der Waals surface area contributed by atoms with Crippen LogP contribution in [0.25, 0.3) is 0 Å². The van der Waals surface area contributed by atoms with Crippen LogP contribution in [0, 0.1) is 5.92 Å². The first-order valence-corrected chi connectivity index (χ1v) is 8.70. The molecule has 0 spiro atoms. The largest absolute Gasteiger partial charge is 0.418 e. The summed E-state index contributed by atoms with van der Waals surface area (Å²) in [6, 6.07) is -2.26. The quantitative estimate of drug-likeness (QED) is 0.312. The molecule has 3 aliphatic rings. The number of nitrogens with zero attached hydrogens (tertiary/aromatic N) is 2. The van der Waals surface area contributed by atoms with E-state index in [9.17, 15) is 22.8 Å². The molecule has 1 unspecified atom stereocenters. The van der Waals surface area contributed by atoms with Gasteiger partial charge in [0.15, 0.2) is 0 Å². The van der Waals surface area contributed by atoms with Crippen molar-refractivity contribution in [3.05, 3.63) is 0 Å². The molecule has 0 aromatic carbocycles. The van der Waals surface area contributed by atoms with Crippen LogP contribution in [0.4, 0.5) is 4.79 Å². The average Bonchev–Trinajstić information content (AvgIpc) is 2.67. The summed E-state index contributed by atoms with van der Waals surface area (Å²) < 4.78 is 34.6. The lowest BCUT2D eigenvalue weighted by molar-refractivity contribution is -0.134. The molecule has 0 aliphatic carbocycles. The Kier molecular flexibility index (Phi) is 4.33. The van der Waals surface area contributed by atoms with Crippen molar-refractivity contribution in [3.63, 3.8) is 0 Å². The highest BCUT2D eigenvalue weighted by Gasteiger charge is 2.49. The molecule has 2 bridgehead atoms. The maximum atomic E-state index is 12.2. The minimum absolute atomic E-state index is 0.0902. The third-order valence-corrected chi connectivity index (χ3v) is 4.61. The Labute approximate surface area is 137 Å². The number of hydrogen-bond donors (Lipinski definition) is 4. The fourth-order valence-electron chi connectivity index (χ4n) is 2.89. The normalized spacial score (nSPS) is 27.0. The molecule has 0 aromatic heterocycles. The molecule has 134 valence electrons. The molecule has 3 saturated heterocycles. The van der Waals surface area contributed by atoms with Gasteiger partial charge in [0.1, 0.15) is 6.04 Å². The number of carbonyl (C=O) groups is 3. The lowest BCUT2D eigenvalue weighted by Crippen LogP contribution is -2.58. The van der Waals surface area contributed by atoms with Crippen LogP contribution in [-0.2, 0) is 24.3 Å². The highest BCUT2D eigenvalue weighted by Crippen LogP contribution is 2.30. The van der Waals surface area contributed by atoms with Gasteiger partial charge in [-0.1, -0.05) is 0 Å². The SMILES string of the molecule is O=C(NNC(=O)C1CC[C@@H]2CN1C(=O)N2OS(=O)(=O)O)C1CNC1. The molecule has 0 saturated carbocycles. The van der Waals surface area contributed by atoms with Crippen LogP contribution in [0.2, 0.25) is 0 Å². The topological polar surface area (TPSA) is 157 Å². The minimum Gasteiger partial charge on any atom is -0.315 e. The third kappa shape index (κ3) is 3.28. The number of rotatable bonds is 4. The van der Waals surface area contributed by atoms with Crippen LogP contribution in [0.3, 0.4) is 0 Å². The molecule has 4 N–H and O–H groups in total. The summed E-state index contributed by atoms with van der Waals surface area (Å²) in [5.74, 6) is -1.09. The first kappa shape index (κ1) is 16.9. The minimum atomic E-state index is -4.83. The summed E-state index contributed by atoms with van der Waals surface area (Å²) >= 11 is 0. The summed E-state index contributed by atoms with van der Waals surface area (Å²) in [4.78, 5) is 37.2. The maximum Gasteiger partial charge on any atom is 0.418 e. The van der Waals surface area contributed by atoms with Crippen molar-refractivity contribution < 1.29 is 31.6 Å². The number of fused-ring (bicyclic) bond motifs is 2. The number of hydrazine groups is 1. The number of carbonyl (C=O) groups excluding carboxylic acids is 3. The Bertz CT molecular complexity index is 664. The molecule has 3 heterocycles. The van der Waals surface area contributed by atoms with E-state index < -0.39 is 34.4 Å². The predicted octanol–water partition coefficient (Wildman–Crippen LogP) is -2.64. The summed E-state index contributed by atoms with van der Waals surface area (Å²) in [6.45, 7) is 1.17. The summed E-state index contributed by atoms with van der Waals surface area (Å²) in [6.07, 6.45) is 0.588. The van der Waals surface area contributed by atoms with Gasteiger partial charge >= 0.3 is 16.4 Å². The molecule has 2 atom stereocenters. The van der Waals surface area contributed by atoms with E-state index in [1.807, 2.05) is 0 Å². The van der Waals surface area contributed by atoms with E-state index in [2.05, 4.69) is 20.5 Å². The second-order valence-electron chi connectivity index (χ2n) is 5.84. The number of hydrogen-bond acceptors (Lipinski definition) is 7. The van der Waals surface area contributed by atoms with Crippen LogP contribution in [0.5, 0.6) is 0 Å². The summed E-state index contributed by atoms with van der Waals surface area (Å²) in [7, 11) is -4.83. The zero-order valence-corrected chi connectivity index (χ0v) is 13.3. The Hall–Kier alpha value is -1.96. The molecule has 12 nitrogen and oxygen atoms in total. The maximum absolute atomic E-state index is 12.2. The van der Waals surface area contributed by atoms with E-state index in [4.69, 9.17) is 4.55 Å². The van der Waals surface area contributed by atoms with Gasteiger partial charge in [0, 0.05) is 19.6 Å². The summed E-state index contributed by atoms with van der Waals surface area (Å²) in [5, 5.41) is 3.49. The lowest BCUT2D eigenvalue weighted by atomic mass is 10.0. The highest BCUT2D eigenvalue weighted by atomic mass is 32.3. The van der Waals surface area contributed by atoms with Crippen LogP contribution >= 0.6 is 0 Å². The van der Waals surface area contributed by atoms with Crippen molar-refractivity contribution >= 4 is 28.2 Å². The van der Waals surface area contributed by atoms with Gasteiger partial charge in [-0.2, -0.15) is 13.5 Å². The second-order valence-corrected chi connectivity index (χ2v) is 6.85. The Morgan fingerprint density at radius 3 is 2.46 bits per heavy atom. The van der Waals surface area contributed by atoms with Gasteiger partial charge in [0.05, 0.1) is 12.0 Å². The van der Waals surface area contributed by atoms with E-state index in [0.29, 0.717) is 24.6 Å². The van der Waals surface area contributed by atoms with Gasteiger partial charge < -0.3 is 10.2 Å². The smallest absolute Gasteiger partial charge is 0.315 e. The van der Waals surface area contributed by atoms with Crippen molar-refractivity contribution in [2.24, 2.45) is 5.92 Å². The highest BCUT2D eigenvalue weighted by molar-refractivity contribution is 7.80. The van der Waals surface area contributed by atoms with Crippen molar-refractivity contribution in [1.29, 1.82) is 0 Å². The predicted molar refractivity (Wildman–Crippen MR) is 76.0 cm³/mol. The lowest BCUT2D eigenvalue weighted by Gasteiger charge is -2.30. The van der Waals surface area contributed by atoms with Gasteiger partial charge in [0.2, 0.25) is 5.91 Å². The van der Waals surface area contributed by atoms with Crippen LogP contribution in [0.15, 0.2) is 0 Å². The van der Waals surface area contributed by atoms with Gasteiger partial charge in [-0.15, -0.1) is 4.28 Å². The van der Waals surface area contributed by atoms with Crippen LogP contribution < -0.4 is 16.2 Å². The number of nitrogens with one attached hydrogen (secondary N) is 3. The first-order valence-electron chi connectivity index (χ1n) is 7.33. The molecule has 0 radical (unpaired) electrons. The monoisotopic (exact) mass is 363 g/mol. The van der Waals surface area contributed by atoms with Crippen molar-refractivity contribution in [2.75, 3.05) is 19.6 Å². The second kappa shape index (κ2) is 6.16. The Morgan fingerprint density at radius 1 is 1.21 bits per heavy atom. The molecule has 13 heteroatoms. The molecule has 0 aromatic rings. The first-order chi connectivity index (χ1) is 11.3. The van der Waals surface area contributed by atoms with Gasteiger partial charge in [-0.3, -0.25) is 25.0 Å². The fourth-order valence-corrected chi connectivity index (χ4v) is 3.28. The average molecular weight is 363 g/mol. The standard InChI is InChI=1S/C11H17N5O7S/c17-9(6-3-12-4-6)13-14-10(18)8-2-1-7-5-15(8)11(19)16(7)23-24(20,21)22/h6-8,12H,1-5H2,(H,13,17)(H,14,18)(H,20,21,22)/t7-,8?/m1/s1. The zero-order valence-electron chi connectivity index (χ0n) is 12.5. The fraction of sp³-hybridized carbons (Fsp3) is 0.727. The number of amides is 4. The molecule has 24 heavy (non-hydrogen) atoms. The van der Waals surface area contributed by atoms with Crippen LogP contribution in [0.1, 0.15) is 12.8 Å². The Morgan fingerprint density at radius 2 is 1.88 bits per heavy atom. The van der Waals surface area contributed by atoms with E-state index in [0.717, 1.165) is 4.90 Å². The number of hydroxylamine groups is 2. The van der Waals surface area contributed by atoms with Gasteiger partial charge in [-0.05, 0) is 12.8 Å². The van der Waals surface area contributed by atoms with Gasteiger partial charge in [-0.25, -0.2) is 4.79 Å². The van der Waals surface area contributed by atoms with E-state index in [1.54, 1.807) is 0 Å². The summed E-state index contributed by atoms with van der Waals surface area (Å²) in [5.41, 5.74) is 4.59. The molecular formula is C11H17N5O7S. The third-order valence-electron chi connectivity index (χ3n) is 4.26. The van der Waals surface area contributed by atoms with E-state index >= 15 is 0 Å². The molecule has 4 amide bonds. The Balaban J connectivity index is 1.58.